The number of likely N-dealkylation sites (tertiary alicyclic amines) is 3. The van der Waals surface area contributed by atoms with Gasteiger partial charge in [0, 0.05) is 74.5 Å². The Labute approximate surface area is 546 Å². The summed E-state index contributed by atoms with van der Waals surface area (Å²) in [6.45, 7) is 15.3. The van der Waals surface area contributed by atoms with Crippen LogP contribution in [0.4, 0.5) is 0 Å². The van der Waals surface area contributed by atoms with Crippen LogP contribution in [-0.2, 0) is 27.6 Å². The lowest BCUT2D eigenvalue weighted by Crippen LogP contribution is -2.40. The first kappa shape index (κ1) is 65.5. The monoisotopic (exact) mass is 1260 g/mol. The summed E-state index contributed by atoms with van der Waals surface area (Å²) >= 11 is 0. The number of ether oxygens (including phenoxy) is 2. The summed E-state index contributed by atoms with van der Waals surface area (Å²) in [5.41, 5.74) is 26.4. The Balaban J connectivity index is 0.000000154. The Hall–Kier alpha value is -11.4. The highest BCUT2D eigenvalue weighted by atomic mass is 16.5. The predicted molar refractivity (Wildman–Crippen MR) is 361 cm³/mol. The smallest absolute Gasteiger partial charge is 0.252 e. The van der Waals surface area contributed by atoms with Crippen molar-refractivity contribution >= 4 is 35.4 Å². The second kappa shape index (κ2) is 31.1. The molecule has 6 aromatic carbocycles. The quantitative estimate of drug-likeness (QED) is 0.0641. The van der Waals surface area contributed by atoms with E-state index >= 15 is 0 Å². The molecule has 0 spiro atoms. The number of primary amides is 3. The molecule has 9 aromatic rings. The highest BCUT2D eigenvalue weighted by Crippen LogP contribution is 2.33. The molecule has 94 heavy (non-hydrogen) atoms. The van der Waals surface area contributed by atoms with Gasteiger partial charge in [-0.1, -0.05) is 147 Å². The maximum absolute atomic E-state index is 12.2. The summed E-state index contributed by atoms with van der Waals surface area (Å²) in [5, 5.41) is 14.1. The molecule has 6 heterocycles. The first-order chi connectivity index (χ1) is 45.7. The lowest BCUT2D eigenvalue weighted by atomic mass is 10.0. The van der Waals surface area contributed by atoms with E-state index in [1.807, 2.05) is 152 Å². The van der Waals surface area contributed by atoms with Gasteiger partial charge in [-0.15, -0.1) is 0 Å². The van der Waals surface area contributed by atoms with E-state index in [0.29, 0.717) is 92.0 Å². The number of nitrogens with zero attached hydrogens (tertiary/aromatic N) is 9. The van der Waals surface area contributed by atoms with Crippen LogP contribution in [0.15, 0.2) is 220 Å². The molecule has 0 unspecified atom stereocenters. The summed E-state index contributed by atoms with van der Waals surface area (Å²) in [6, 6.07) is 52.7. The maximum atomic E-state index is 12.2. The molecular formula is C74H76N12O8. The molecule has 3 atom stereocenters. The van der Waals surface area contributed by atoms with E-state index in [4.69, 9.17) is 36.9 Å². The average Bonchev–Trinajstić information content (AvgIpc) is 1.76. The Morgan fingerprint density at radius 3 is 1.12 bits per heavy atom. The molecule has 12 rings (SSSR count). The van der Waals surface area contributed by atoms with Gasteiger partial charge in [-0.25, -0.2) is 0 Å². The normalized spacial score (nSPS) is 16.0. The zero-order chi connectivity index (χ0) is 66.1. The molecule has 0 radical (unpaired) electrons. The Bertz CT molecular complexity index is 4150. The molecule has 3 aliphatic rings. The van der Waals surface area contributed by atoms with Crippen LogP contribution in [0.3, 0.4) is 0 Å². The minimum absolute atomic E-state index is 0.00177. The van der Waals surface area contributed by atoms with E-state index in [0.717, 1.165) is 83.2 Å². The van der Waals surface area contributed by atoms with E-state index in [1.165, 1.54) is 18.2 Å². The second-order valence-electron chi connectivity index (χ2n) is 23.1. The van der Waals surface area contributed by atoms with Crippen LogP contribution >= 0.6 is 0 Å². The van der Waals surface area contributed by atoms with E-state index in [1.54, 1.807) is 47.3 Å². The van der Waals surface area contributed by atoms with Crippen molar-refractivity contribution < 1.29 is 38.2 Å². The number of benzene rings is 6. The Morgan fingerprint density at radius 1 is 0.404 bits per heavy atom. The van der Waals surface area contributed by atoms with E-state index in [9.17, 15) is 28.8 Å². The Morgan fingerprint density at radius 2 is 0.734 bits per heavy atom. The minimum atomic E-state index is -0.545. The molecule has 0 saturated carbocycles. The number of hydrogen-bond donors (Lipinski definition) is 3. The largest absolute Gasteiger partial charge is 0.489 e. The fraction of sp³-hybridized carbons (Fsp3) is 0.230. The first-order valence-corrected chi connectivity index (χ1v) is 31.3. The zero-order valence-corrected chi connectivity index (χ0v) is 52.3. The van der Waals surface area contributed by atoms with E-state index < -0.39 is 17.7 Å². The number of amides is 6. The summed E-state index contributed by atoms with van der Waals surface area (Å²) in [7, 11) is 0. The van der Waals surface area contributed by atoms with Gasteiger partial charge in [0.1, 0.15) is 41.8 Å². The van der Waals surface area contributed by atoms with Crippen LogP contribution in [0, 0.1) is 0 Å². The predicted octanol–water partition coefficient (Wildman–Crippen LogP) is 10.8. The van der Waals surface area contributed by atoms with Gasteiger partial charge in [-0.05, 0) is 115 Å². The van der Waals surface area contributed by atoms with Crippen LogP contribution in [0.5, 0.6) is 11.5 Å². The molecule has 0 aliphatic carbocycles. The summed E-state index contributed by atoms with van der Waals surface area (Å²) in [5.74, 6) is -0.469. The van der Waals surface area contributed by atoms with Crippen molar-refractivity contribution in [3.05, 3.63) is 248 Å². The van der Waals surface area contributed by atoms with Crippen LogP contribution in [0.2, 0.25) is 0 Å². The lowest BCUT2D eigenvalue weighted by Gasteiger charge is -2.32. The van der Waals surface area contributed by atoms with Gasteiger partial charge >= 0.3 is 0 Å². The van der Waals surface area contributed by atoms with Crippen molar-refractivity contribution in [1.82, 2.24) is 44.0 Å². The third-order valence-electron chi connectivity index (χ3n) is 16.8. The highest BCUT2D eigenvalue weighted by Gasteiger charge is 2.30. The molecule has 480 valence electrons. The van der Waals surface area contributed by atoms with Crippen molar-refractivity contribution in [2.45, 2.75) is 69.9 Å². The molecule has 6 N–H and O–H groups in total. The summed E-state index contributed by atoms with van der Waals surface area (Å²) < 4.78 is 17.1. The molecule has 20 heteroatoms. The number of nitrogens with two attached hydrogens (primary N) is 3. The standard InChI is InChI=1S/2C25H26N4O3.C24H24N4O2/c1-2-23(30)28-13-7-11-20(15-28)29-16-22(25(26)31)24(27-29)19-10-6-12-21(14-19)32-17-18-8-4-3-5-9-18;1-2-23(30)28-14-6-9-20(15-28)29-16-22(25(26)31)24(27-29)19-10-12-21(13-11-19)32-17-18-7-4-3-5-8-18;1-2-22(29)27-14-6-9-20(15-27)28-16-21(24(25)30)23(26-28)19-12-10-18(11-13-19)17-7-4-3-5-8-17/h2-6,8-10,12,14,16,20H,1,7,11,13,15,17H2,(H2,26,31);2-5,7-8,10-13,16,20H,1,6,9,14-15,17H2,(H2,26,31);2-5,7-8,10-13,16,20H,1,6,9,14-15H2,(H2,25,30)/t3*20-/m111/s1. The van der Waals surface area contributed by atoms with Crippen molar-refractivity contribution in [2.75, 3.05) is 39.3 Å². The maximum Gasteiger partial charge on any atom is 0.252 e. The number of piperidine rings is 3. The van der Waals surface area contributed by atoms with Crippen molar-refractivity contribution in [3.8, 4) is 56.4 Å². The fourth-order valence-corrected chi connectivity index (χ4v) is 11.8. The van der Waals surface area contributed by atoms with Gasteiger partial charge in [-0.2, -0.15) is 15.3 Å². The third-order valence-corrected chi connectivity index (χ3v) is 16.8. The van der Waals surface area contributed by atoms with Crippen LogP contribution in [0.25, 0.3) is 44.9 Å². The van der Waals surface area contributed by atoms with Crippen LogP contribution in [-0.4, -0.2) is 119 Å². The zero-order valence-electron chi connectivity index (χ0n) is 52.3. The third kappa shape index (κ3) is 16.4. The van der Waals surface area contributed by atoms with Crippen molar-refractivity contribution in [1.29, 1.82) is 0 Å². The van der Waals surface area contributed by atoms with Crippen molar-refractivity contribution in [3.63, 3.8) is 0 Å². The fourth-order valence-electron chi connectivity index (χ4n) is 11.8. The van der Waals surface area contributed by atoms with Gasteiger partial charge in [0.15, 0.2) is 0 Å². The highest BCUT2D eigenvalue weighted by molar-refractivity contribution is 6.00. The average molecular weight is 1260 g/mol. The summed E-state index contributed by atoms with van der Waals surface area (Å²) in [4.78, 5) is 77.7. The van der Waals surface area contributed by atoms with Gasteiger partial charge in [0.05, 0.1) is 34.8 Å². The SMILES string of the molecule is C=CC(=O)N1CCC[C@@H](n2cc(C(N)=O)c(-c3ccc(-c4ccccc4)cc3)n2)C1.C=CC(=O)N1CCC[C@@H](n2cc(C(N)=O)c(-c3ccc(OCc4ccccc4)cc3)n2)C1.C=CC(=O)N1CCC[C@@H](n2cc(C(N)=O)c(-c3cccc(OCc4ccccc4)c3)n2)C1. The van der Waals surface area contributed by atoms with Gasteiger partial charge in [0.2, 0.25) is 17.7 Å². The number of carbonyl (C=O) groups excluding carboxylic acids is 6. The minimum Gasteiger partial charge on any atom is -0.489 e. The van der Waals surface area contributed by atoms with Crippen LogP contribution < -0.4 is 26.7 Å². The number of rotatable bonds is 19. The molecule has 0 bridgehead atoms. The lowest BCUT2D eigenvalue weighted by molar-refractivity contribution is -0.128. The Kier molecular flexibility index (Phi) is 21.7. The topological polar surface area (TPSA) is 262 Å². The van der Waals surface area contributed by atoms with E-state index in [2.05, 4.69) is 37.0 Å². The molecule has 3 aliphatic heterocycles. The van der Waals surface area contributed by atoms with Crippen molar-refractivity contribution in [2.24, 2.45) is 17.2 Å². The molecular weight excluding hydrogens is 1180 g/mol. The van der Waals surface area contributed by atoms with Crippen LogP contribution in [0.1, 0.15) is 98.9 Å². The second-order valence-corrected chi connectivity index (χ2v) is 23.1. The van der Waals surface area contributed by atoms with E-state index in [-0.39, 0.29) is 35.8 Å². The summed E-state index contributed by atoms with van der Waals surface area (Å²) in [6.07, 6.45) is 14.3. The molecule has 3 aromatic heterocycles. The molecule has 3 saturated heterocycles. The number of aromatic nitrogens is 6. The van der Waals surface area contributed by atoms with Gasteiger partial charge < -0.3 is 41.4 Å². The molecule has 3 fully saturated rings. The first-order valence-electron chi connectivity index (χ1n) is 31.3. The molecule has 6 amide bonds. The number of hydrogen-bond acceptors (Lipinski definition) is 11. The molecule has 20 nitrogen and oxygen atoms in total. The van der Waals surface area contributed by atoms with Gasteiger partial charge in [-0.3, -0.25) is 42.8 Å². The van der Waals surface area contributed by atoms with Gasteiger partial charge in [0.25, 0.3) is 17.7 Å². The number of carbonyl (C=O) groups is 6.